The summed E-state index contributed by atoms with van der Waals surface area (Å²) in [5.41, 5.74) is 10.3. The van der Waals surface area contributed by atoms with Crippen LogP contribution in [0.4, 0.5) is 0 Å². The summed E-state index contributed by atoms with van der Waals surface area (Å²) in [6.07, 6.45) is 0. The topological polar surface area (TPSA) is 57.0 Å². The number of nitrogens with zero attached hydrogens (tertiary/aromatic N) is 3. The van der Waals surface area contributed by atoms with Crippen LogP contribution >= 0.6 is 0 Å². The predicted molar refractivity (Wildman–Crippen MR) is 199 cm³/mol. The number of hydrogen-bond donors (Lipinski definition) is 0. The average molecular weight is 628 g/mol. The Balaban J connectivity index is 1.17. The Morgan fingerprint density at radius 2 is 1.16 bits per heavy atom. The molecule has 0 unspecified atom stereocenters. The van der Waals surface area contributed by atoms with E-state index in [0.29, 0.717) is 5.82 Å². The number of benzene rings is 7. The second kappa shape index (κ2) is 9.89. The lowest BCUT2D eigenvalue weighted by atomic mass is 10.0. The minimum absolute atomic E-state index is 0.639. The van der Waals surface area contributed by atoms with Crippen LogP contribution < -0.4 is 0 Å². The molecule has 0 N–H and O–H groups in total. The lowest BCUT2D eigenvalue weighted by Crippen LogP contribution is -1.95. The van der Waals surface area contributed by atoms with Gasteiger partial charge >= 0.3 is 0 Å². The normalized spacial score (nSPS) is 12.1. The molecule has 4 aromatic heterocycles. The van der Waals surface area contributed by atoms with Crippen molar-refractivity contribution in [2.45, 2.75) is 0 Å². The second-order valence-corrected chi connectivity index (χ2v) is 12.5. The zero-order valence-electron chi connectivity index (χ0n) is 26.1. The van der Waals surface area contributed by atoms with E-state index in [1.807, 2.05) is 48.5 Å². The maximum atomic E-state index is 6.96. The third-order valence-electron chi connectivity index (χ3n) is 9.81. The molecule has 0 atom stereocenters. The van der Waals surface area contributed by atoms with Crippen LogP contribution in [0.25, 0.3) is 105 Å². The molecule has 11 aromatic rings. The third-order valence-corrected chi connectivity index (χ3v) is 9.81. The van der Waals surface area contributed by atoms with Crippen LogP contribution in [-0.4, -0.2) is 14.5 Å². The fourth-order valence-electron chi connectivity index (χ4n) is 7.63. The van der Waals surface area contributed by atoms with Crippen LogP contribution in [0.5, 0.6) is 0 Å². The molecule has 11 rings (SSSR count). The van der Waals surface area contributed by atoms with Gasteiger partial charge in [-0.15, -0.1) is 0 Å². The maximum Gasteiger partial charge on any atom is 0.164 e. The average Bonchev–Trinajstić information content (AvgIpc) is 3.83. The van der Waals surface area contributed by atoms with Crippen molar-refractivity contribution in [2.75, 3.05) is 0 Å². The van der Waals surface area contributed by atoms with Crippen molar-refractivity contribution in [1.82, 2.24) is 14.5 Å². The van der Waals surface area contributed by atoms with E-state index in [9.17, 15) is 0 Å². The summed E-state index contributed by atoms with van der Waals surface area (Å²) in [6.45, 7) is 0. The SMILES string of the molecule is c1ccc(-c2nc(-c3cccc4c3oc3c4ccc4c3c3ccccc3n4-c3ccc4c(c3)oc3ccccc34)nc3ccccc23)cc1. The van der Waals surface area contributed by atoms with Gasteiger partial charge in [-0.05, 0) is 48.5 Å². The number of furan rings is 2. The lowest BCUT2D eigenvalue weighted by Gasteiger charge is -2.09. The van der Waals surface area contributed by atoms with Gasteiger partial charge in [0.1, 0.15) is 22.3 Å². The lowest BCUT2D eigenvalue weighted by molar-refractivity contribution is 0.668. The van der Waals surface area contributed by atoms with E-state index in [1.54, 1.807) is 0 Å². The van der Waals surface area contributed by atoms with Gasteiger partial charge in [0.25, 0.3) is 0 Å². The Morgan fingerprint density at radius 3 is 2.08 bits per heavy atom. The van der Waals surface area contributed by atoms with Gasteiger partial charge in [0.15, 0.2) is 5.82 Å². The van der Waals surface area contributed by atoms with Gasteiger partial charge in [-0.2, -0.15) is 0 Å². The molecular formula is C44H25N3O2. The van der Waals surface area contributed by atoms with E-state index in [1.165, 1.54) is 0 Å². The predicted octanol–water partition coefficient (Wildman–Crippen LogP) is 11.9. The van der Waals surface area contributed by atoms with Crippen molar-refractivity contribution in [1.29, 1.82) is 0 Å². The van der Waals surface area contributed by atoms with Crippen molar-refractivity contribution in [3.63, 3.8) is 0 Å². The van der Waals surface area contributed by atoms with Gasteiger partial charge < -0.3 is 13.4 Å². The van der Waals surface area contributed by atoms with Gasteiger partial charge in [-0.1, -0.05) is 97.1 Å². The number of hydrogen-bond acceptors (Lipinski definition) is 4. The molecular weight excluding hydrogens is 603 g/mol. The Kier molecular flexibility index (Phi) is 5.32. The zero-order valence-corrected chi connectivity index (χ0v) is 26.1. The molecule has 0 spiro atoms. The number of para-hydroxylation sites is 4. The summed E-state index contributed by atoms with van der Waals surface area (Å²) < 4.78 is 15.6. The molecule has 0 aliphatic heterocycles. The first kappa shape index (κ1) is 26.4. The van der Waals surface area contributed by atoms with Crippen molar-refractivity contribution in [3.8, 4) is 28.3 Å². The Morgan fingerprint density at radius 1 is 0.449 bits per heavy atom. The molecule has 0 saturated carbocycles. The van der Waals surface area contributed by atoms with E-state index in [0.717, 1.165) is 99.1 Å². The Bertz CT molecular complexity index is 3110. The Hall–Kier alpha value is -6.72. The highest BCUT2D eigenvalue weighted by Gasteiger charge is 2.22. The molecule has 0 saturated heterocycles. The van der Waals surface area contributed by atoms with Gasteiger partial charge in [0.05, 0.1) is 33.2 Å². The zero-order chi connectivity index (χ0) is 32.1. The van der Waals surface area contributed by atoms with Crippen LogP contribution in [0.1, 0.15) is 0 Å². The standard InChI is InChI=1S/C44H25N3O2/c1-2-11-26(12-3-1)41-32-14-4-7-18-35(32)45-44(46-41)34-17-10-16-30-31-23-24-37-40(43(31)49-42(30)34)33-15-5-8-19-36(33)47(37)27-21-22-29-28-13-6-9-20-38(28)48-39(29)25-27/h1-25H. The highest BCUT2D eigenvalue weighted by Crippen LogP contribution is 2.43. The molecule has 4 heterocycles. The second-order valence-electron chi connectivity index (χ2n) is 12.5. The summed E-state index contributed by atoms with van der Waals surface area (Å²) in [4.78, 5) is 10.2. The minimum atomic E-state index is 0.639. The van der Waals surface area contributed by atoms with E-state index in [-0.39, 0.29) is 0 Å². The van der Waals surface area contributed by atoms with Crippen molar-refractivity contribution in [2.24, 2.45) is 0 Å². The van der Waals surface area contributed by atoms with Crippen LogP contribution in [0.15, 0.2) is 160 Å². The monoisotopic (exact) mass is 627 g/mol. The number of fused-ring (bicyclic) bond motifs is 11. The van der Waals surface area contributed by atoms with Crippen LogP contribution in [0.3, 0.4) is 0 Å². The summed E-state index contributed by atoms with van der Waals surface area (Å²) in [5, 5.41) is 7.55. The Labute approximate surface area is 279 Å². The first-order valence-corrected chi connectivity index (χ1v) is 16.4. The van der Waals surface area contributed by atoms with Gasteiger partial charge in [-0.3, -0.25) is 0 Å². The molecule has 0 amide bonds. The van der Waals surface area contributed by atoms with Gasteiger partial charge in [-0.25, -0.2) is 9.97 Å². The van der Waals surface area contributed by atoms with Gasteiger partial charge in [0.2, 0.25) is 0 Å². The fourth-order valence-corrected chi connectivity index (χ4v) is 7.63. The summed E-state index contributed by atoms with van der Waals surface area (Å²) in [6, 6.07) is 52.4. The van der Waals surface area contributed by atoms with E-state index in [4.69, 9.17) is 18.8 Å². The maximum absolute atomic E-state index is 6.96. The number of aromatic nitrogens is 3. The third kappa shape index (κ3) is 3.75. The van der Waals surface area contributed by atoms with E-state index >= 15 is 0 Å². The molecule has 0 aliphatic carbocycles. The smallest absolute Gasteiger partial charge is 0.164 e. The summed E-state index contributed by atoms with van der Waals surface area (Å²) >= 11 is 0. The molecule has 49 heavy (non-hydrogen) atoms. The molecule has 5 heteroatoms. The largest absolute Gasteiger partial charge is 0.456 e. The molecule has 0 radical (unpaired) electrons. The molecule has 7 aromatic carbocycles. The highest BCUT2D eigenvalue weighted by atomic mass is 16.3. The molecule has 5 nitrogen and oxygen atoms in total. The first-order chi connectivity index (χ1) is 24.3. The molecule has 0 bridgehead atoms. The molecule has 0 fully saturated rings. The highest BCUT2D eigenvalue weighted by molar-refractivity contribution is 6.24. The van der Waals surface area contributed by atoms with Crippen molar-refractivity contribution >= 4 is 76.6 Å². The number of rotatable bonds is 3. The van der Waals surface area contributed by atoms with Gasteiger partial charge in [0, 0.05) is 49.6 Å². The molecule has 0 aliphatic rings. The van der Waals surface area contributed by atoms with E-state index < -0.39 is 0 Å². The van der Waals surface area contributed by atoms with Crippen LogP contribution in [0.2, 0.25) is 0 Å². The minimum Gasteiger partial charge on any atom is -0.456 e. The quantitative estimate of drug-likeness (QED) is 0.196. The van der Waals surface area contributed by atoms with Crippen LogP contribution in [0, 0.1) is 0 Å². The first-order valence-electron chi connectivity index (χ1n) is 16.4. The summed E-state index contributed by atoms with van der Waals surface area (Å²) in [5.74, 6) is 0.639. The van der Waals surface area contributed by atoms with E-state index in [2.05, 4.69) is 108 Å². The van der Waals surface area contributed by atoms with Crippen LogP contribution in [-0.2, 0) is 0 Å². The molecule has 228 valence electrons. The van der Waals surface area contributed by atoms with Crippen molar-refractivity contribution < 1.29 is 8.83 Å². The fraction of sp³-hybridized carbons (Fsp3) is 0. The van der Waals surface area contributed by atoms with Crippen molar-refractivity contribution in [3.05, 3.63) is 152 Å². The summed E-state index contributed by atoms with van der Waals surface area (Å²) in [7, 11) is 0.